The standard InChI is InChI=1S/C27H33BrN2O4/c1-2-3-4-5-6-7-8-11-18-34-19-24(31)25-22-12-9-10-13-23(22)30(26(25)32)27(33)29-21-16-14-20(28)15-17-21/h9-10,12-17,31H,2-8,11,18-19H2,1H3,(H,29,33). The van der Waals surface area contributed by atoms with Crippen molar-refractivity contribution in [3.8, 4) is 0 Å². The monoisotopic (exact) mass is 528 g/mol. The van der Waals surface area contributed by atoms with Crippen LogP contribution in [0.2, 0.25) is 0 Å². The first-order valence-corrected chi connectivity index (χ1v) is 12.8. The summed E-state index contributed by atoms with van der Waals surface area (Å²) in [5.74, 6) is -0.722. The van der Waals surface area contributed by atoms with Gasteiger partial charge in [0.2, 0.25) is 0 Å². The van der Waals surface area contributed by atoms with Crippen molar-refractivity contribution in [1.29, 1.82) is 0 Å². The van der Waals surface area contributed by atoms with E-state index in [1.165, 1.54) is 38.5 Å². The minimum absolute atomic E-state index is 0.0614. The first kappa shape index (κ1) is 26.0. The molecule has 3 amide bonds. The largest absolute Gasteiger partial charge is 0.509 e. The lowest BCUT2D eigenvalue weighted by Gasteiger charge is -2.16. The van der Waals surface area contributed by atoms with Crippen LogP contribution in [0.25, 0.3) is 5.57 Å². The van der Waals surface area contributed by atoms with Crippen molar-refractivity contribution in [2.45, 2.75) is 58.3 Å². The summed E-state index contributed by atoms with van der Waals surface area (Å²) in [5.41, 5.74) is 1.63. The van der Waals surface area contributed by atoms with Crippen molar-refractivity contribution in [3.05, 3.63) is 64.3 Å². The Labute approximate surface area is 210 Å². The van der Waals surface area contributed by atoms with Gasteiger partial charge in [0.1, 0.15) is 12.4 Å². The normalized spacial score (nSPS) is 14.3. The van der Waals surface area contributed by atoms with Crippen LogP contribution in [-0.4, -0.2) is 30.3 Å². The highest BCUT2D eigenvalue weighted by Gasteiger charge is 2.38. The number of hydrogen-bond donors (Lipinski definition) is 2. The van der Waals surface area contributed by atoms with Crippen molar-refractivity contribution >= 4 is 44.8 Å². The summed E-state index contributed by atoms with van der Waals surface area (Å²) >= 11 is 3.36. The Morgan fingerprint density at radius 3 is 2.32 bits per heavy atom. The van der Waals surface area contributed by atoms with Gasteiger partial charge in [-0.15, -0.1) is 0 Å². The number of imide groups is 1. The molecule has 0 radical (unpaired) electrons. The molecule has 0 fully saturated rings. The van der Waals surface area contributed by atoms with E-state index in [4.69, 9.17) is 4.74 Å². The van der Waals surface area contributed by atoms with Gasteiger partial charge in [-0.3, -0.25) is 4.79 Å². The van der Waals surface area contributed by atoms with Crippen LogP contribution in [0.4, 0.5) is 16.2 Å². The molecule has 0 aromatic heterocycles. The molecule has 1 aliphatic rings. The number of nitrogens with zero attached hydrogens (tertiary/aromatic N) is 1. The van der Waals surface area contributed by atoms with E-state index in [9.17, 15) is 14.7 Å². The Kier molecular flexibility index (Phi) is 10.2. The van der Waals surface area contributed by atoms with E-state index in [1.807, 2.05) is 0 Å². The summed E-state index contributed by atoms with van der Waals surface area (Å²) in [5, 5.41) is 13.4. The predicted molar refractivity (Wildman–Crippen MR) is 140 cm³/mol. The lowest BCUT2D eigenvalue weighted by molar-refractivity contribution is -0.112. The third-order valence-corrected chi connectivity index (χ3v) is 6.33. The van der Waals surface area contributed by atoms with Gasteiger partial charge in [-0.05, 0) is 36.8 Å². The van der Waals surface area contributed by atoms with Crippen LogP contribution in [-0.2, 0) is 9.53 Å². The number of urea groups is 1. The Bertz CT molecular complexity index is 1000. The van der Waals surface area contributed by atoms with Crippen LogP contribution in [0.1, 0.15) is 63.9 Å². The Balaban J connectivity index is 1.57. The number of carbonyl (C=O) groups is 2. The fourth-order valence-electron chi connectivity index (χ4n) is 3.99. The molecule has 7 heteroatoms. The smallest absolute Gasteiger partial charge is 0.333 e. The minimum Gasteiger partial charge on any atom is -0.509 e. The van der Waals surface area contributed by atoms with E-state index >= 15 is 0 Å². The first-order chi connectivity index (χ1) is 16.5. The number of rotatable bonds is 12. The summed E-state index contributed by atoms with van der Waals surface area (Å²) < 4.78 is 6.52. The maximum Gasteiger partial charge on any atom is 0.333 e. The van der Waals surface area contributed by atoms with Gasteiger partial charge in [0, 0.05) is 22.3 Å². The summed E-state index contributed by atoms with van der Waals surface area (Å²) in [6.07, 6.45) is 9.61. The number of halogens is 1. The molecule has 182 valence electrons. The summed E-state index contributed by atoms with van der Waals surface area (Å²) in [6, 6.07) is 13.4. The van der Waals surface area contributed by atoms with Gasteiger partial charge in [-0.25, -0.2) is 9.69 Å². The van der Waals surface area contributed by atoms with Gasteiger partial charge < -0.3 is 15.2 Å². The zero-order valence-electron chi connectivity index (χ0n) is 19.7. The van der Waals surface area contributed by atoms with E-state index < -0.39 is 11.9 Å². The molecule has 0 bridgehead atoms. The van der Waals surface area contributed by atoms with Crippen LogP contribution in [0.5, 0.6) is 0 Å². The molecule has 0 unspecified atom stereocenters. The van der Waals surface area contributed by atoms with E-state index in [0.29, 0.717) is 23.5 Å². The van der Waals surface area contributed by atoms with E-state index in [0.717, 1.165) is 22.2 Å². The molecule has 0 aliphatic carbocycles. The highest BCUT2D eigenvalue weighted by molar-refractivity contribution is 9.10. The van der Waals surface area contributed by atoms with Crippen molar-refractivity contribution in [2.75, 3.05) is 23.4 Å². The number of unbranched alkanes of at least 4 members (excludes halogenated alkanes) is 7. The number of aliphatic hydroxyl groups excluding tert-OH is 1. The maximum atomic E-state index is 13.2. The van der Waals surface area contributed by atoms with Gasteiger partial charge in [-0.2, -0.15) is 0 Å². The maximum absolute atomic E-state index is 13.2. The van der Waals surface area contributed by atoms with Crippen LogP contribution in [0.3, 0.4) is 0 Å². The van der Waals surface area contributed by atoms with Gasteiger partial charge in [0.05, 0.1) is 11.3 Å². The Morgan fingerprint density at radius 2 is 1.62 bits per heavy atom. The molecule has 2 aromatic rings. The molecule has 0 atom stereocenters. The molecule has 34 heavy (non-hydrogen) atoms. The van der Waals surface area contributed by atoms with E-state index in [2.05, 4.69) is 28.2 Å². The number of amides is 3. The number of carbonyl (C=O) groups excluding carboxylic acids is 2. The SMILES string of the molecule is CCCCCCCCCCOCC(O)=C1C(=O)N(C(=O)Nc2ccc(Br)cc2)c2ccccc21. The second-order valence-electron chi connectivity index (χ2n) is 8.44. The molecule has 0 spiro atoms. The zero-order chi connectivity index (χ0) is 24.3. The minimum atomic E-state index is -0.581. The molecule has 3 rings (SSSR count). The molecule has 0 saturated heterocycles. The second kappa shape index (κ2) is 13.3. The number of anilines is 2. The molecule has 2 aromatic carbocycles. The summed E-state index contributed by atoms with van der Waals surface area (Å²) in [7, 11) is 0. The third kappa shape index (κ3) is 6.93. The summed E-state index contributed by atoms with van der Waals surface area (Å²) in [6.45, 7) is 2.68. The van der Waals surface area contributed by atoms with Crippen molar-refractivity contribution in [1.82, 2.24) is 0 Å². The van der Waals surface area contributed by atoms with Gasteiger partial charge in [0.15, 0.2) is 0 Å². The second-order valence-corrected chi connectivity index (χ2v) is 9.36. The molecule has 1 aliphatic heterocycles. The van der Waals surface area contributed by atoms with E-state index in [1.54, 1.807) is 48.5 Å². The highest BCUT2D eigenvalue weighted by atomic mass is 79.9. The van der Waals surface area contributed by atoms with Crippen molar-refractivity contribution < 1.29 is 19.4 Å². The zero-order valence-corrected chi connectivity index (χ0v) is 21.3. The molecule has 2 N–H and O–H groups in total. The Hall–Kier alpha value is -2.64. The number of para-hydroxylation sites is 1. The van der Waals surface area contributed by atoms with Crippen LogP contribution in [0.15, 0.2) is 58.8 Å². The van der Waals surface area contributed by atoms with Crippen LogP contribution < -0.4 is 10.2 Å². The van der Waals surface area contributed by atoms with Crippen LogP contribution in [0, 0.1) is 0 Å². The molecular formula is C27H33BrN2O4. The average molecular weight is 529 g/mol. The summed E-state index contributed by atoms with van der Waals surface area (Å²) in [4.78, 5) is 27.1. The number of benzene rings is 2. The fraction of sp³-hybridized carbons (Fsp3) is 0.407. The van der Waals surface area contributed by atoms with Gasteiger partial charge >= 0.3 is 6.03 Å². The molecule has 6 nitrogen and oxygen atoms in total. The fourth-order valence-corrected chi connectivity index (χ4v) is 4.25. The lowest BCUT2D eigenvalue weighted by Crippen LogP contribution is -2.37. The number of hydrogen-bond acceptors (Lipinski definition) is 4. The third-order valence-electron chi connectivity index (χ3n) is 5.80. The number of nitrogens with one attached hydrogen (secondary N) is 1. The predicted octanol–water partition coefficient (Wildman–Crippen LogP) is 7.45. The number of ether oxygens (including phenoxy) is 1. The van der Waals surface area contributed by atoms with Crippen LogP contribution >= 0.6 is 15.9 Å². The van der Waals surface area contributed by atoms with Crippen molar-refractivity contribution in [2.24, 2.45) is 0 Å². The first-order valence-electron chi connectivity index (χ1n) is 12.0. The quantitative estimate of drug-likeness (QED) is 0.170. The number of fused-ring (bicyclic) bond motifs is 1. The Morgan fingerprint density at radius 1 is 0.971 bits per heavy atom. The molecule has 1 heterocycles. The average Bonchev–Trinajstić information content (AvgIpc) is 3.13. The topological polar surface area (TPSA) is 78.9 Å². The van der Waals surface area contributed by atoms with Gasteiger partial charge in [-0.1, -0.05) is 86.0 Å². The van der Waals surface area contributed by atoms with Crippen molar-refractivity contribution in [3.63, 3.8) is 0 Å². The molecule has 0 saturated carbocycles. The van der Waals surface area contributed by atoms with E-state index in [-0.39, 0.29) is 17.9 Å². The molecular weight excluding hydrogens is 496 g/mol. The lowest BCUT2D eigenvalue weighted by atomic mass is 10.1. The number of aliphatic hydroxyl groups is 1. The highest BCUT2D eigenvalue weighted by Crippen LogP contribution is 2.38. The van der Waals surface area contributed by atoms with Gasteiger partial charge in [0.25, 0.3) is 5.91 Å².